The Morgan fingerprint density at radius 1 is 1.03 bits per heavy atom. The summed E-state index contributed by atoms with van der Waals surface area (Å²) in [6, 6.07) is 10.8. The minimum atomic E-state index is -0.487. The molecular weight excluding hydrogens is 411 g/mol. The molecule has 2 aliphatic heterocycles. The van der Waals surface area contributed by atoms with E-state index < -0.39 is 11.7 Å². The number of carbonyl (C=O) groups is 2. The standard InChI is InChI=1S/C24H29FN4O3/c1-32-22-10-9-19(15-21(22)27-23(30)17-6-4-7-18(25)14-17)26-24(31)29-13-5-8-20(16-29)28-11-2-3-12-28/h4,6-7,9-10,14-15,20H,2-3,5,8,11-13,16H2,1H3,(H,26,31)(H,27,30)/t20-/m0/s1. The molecule has 2 aromatic rings. The van der Waals surface area contributed by atoms with E-state index in [0.29, 0.717) is 23.2 Å². The molecule has 0 aromatic heterocycles. The number of benzene rings is 2. The molecule has 2 heterocycles. The first-order chi connectivity index (χ1) is 15.5. The van der Waals surface area contributed by atoms with Gasteiger partial charge in [-0.05, 0) is 75.2 Å². The molecule has 1 atom stereocenters. The number of carbonyl (C=O) groups excluding carboxylic acids is 2. The van der Waals surface area contributed by atoms with Crippen molar-refractivity contribution in [2.24, 2.45) is 0 Å². The molecule has 2 aliphatic rings. The first-order valence-electron chi connectivity index (χ1n) is 11.1. The summed E-state index contributed by atoms with van der Waals surface area (Å²) in [5.74, 6) is -0.505. The maximum Gasteiger partial charge on any atom is 0.321 e. The van der Waals surface area contributed by atoms with Crippen molar-refractivity contribution in [2.75, 3.05) is 43.9 Å². The fourth-order valence-electron chi connectivity index (χ4n) is 4.45. The van der Waals surface area contributed by atoms with Crippen molar-refractivity contribution in [3.63, 3.8) is 0 Å². The van der Waals surface area contributed by atoms with E-state index in [-0.39, 0.29) is 11.6 Å². The average Bonchev–Trinajstić information content (AvgIpc) is 3.34. The minimum Gasteiger partial charge on any atom is -0.495 e. The molecule has 2 fully saturated rings. The summed E-state index contributed by atoms with van der Waals surface area (Å²) in [6.45, 7) is 3.70. The fourth-order valence-corrected chi connectivity index (χ4v) is 4.45. The third-order valence-electron chi connectivity index (χ3n) is 6.13. The van der Waals surface area contributed by atoms with E-state index in [2.05, 4.69) is 15.5 Å². The number of anilines is 2. The van der Waals surface area contributed by atoms with Gasteiger partial charge in [-0.1, -0.05) is 6.07 Å². The molecule has 2 aromatic carbocycles. The Morgan fingerprint density at radius 2 is 1.84 bits per heavy atom. The first kappa shape index (κ1) is 22.1. The van der Waals surface area contributed by atoms with Crippen molar-refractivity contribution < 1.29 is 18.7 Å². The van der Waals surface area contributed by atoms with Gasteiger partial charge in [-0.25, -0.2) is 9.18 Å². The van der Waals surface area contributed by atoms with Gasteiger partial charge in [-0.3, -0.25) is 9.69 Å². The predicted molar refractivity (Wildman–Crippen MR) is 122 cm³/mol. The van der Waals surface area contributed by atoms with Crippen LogP contribution in [0.15, 0.2) is 42.5 Å². The molecule has 170 valence electrons. The number of hydrogen-bond donors (Lipinski definition) is 2. The third-order valence-corrected chi connectivity index (χ3v) is 6.13. The lowest BCUT2D eigenvalue weighted by molar-refractivity contribution is 0.102. The van der Waals surface area contributed by atoms with Gasteiger partial charge >= 0.3 is 6.03 Å². The average molecular weight is 441 g/mol. The Kier molecular flexibility index (Phi) is 6.90. The van der Waals surface area contributed by atoms with Crippen LogP contribution < -0.4 is 15.4 Å². The first-order valence-corrected chi connectivity index (χ1v) is 11.1. The molecule has 0 bridgehead atoms. The van der Waals surface area contributed by atoms with Gasteiger partial charge in [0.2, 0.25) is 0 Å². The van der Waals surface area contributed by atoms with Crippen molar-refractivity contribution in [2.45, 2.75) is 31.7 Å². The second kappa shape index (κ2) is 9.99. The Hall–Kier alpha value is -3.13. The van der Waals surface area contributed by atoms with Gasteiger partial charge in [-0.2, -0.15) is 0 Å². The number of likely N-dealkylation sites (tertiary alicyclic amines) is 2. The summed E-state index contributed by atoms with van der Waals surface area (Å²) in [4.78, 5) is 29.8. The van der Waals surface area contributed by atoms with E-state index >= 15 is 0 Å². The number of halogens is 1. The molecule has 2 N–H and O–H groups in total. The molecule has 4 rings (SSSR count). The van der Waals surface area contributed by atoms with Crippen molar-refractivity contribution in [3.05, 3.63) is 53.8 Å². The quantitative estimate of drug-likeness (QED) is 0.732. The number of nitrogens with one attached hydrogen (secondary N) is 2. The van der Waals surface area contributed by atoms with Crippen LogP contribution in [0.3, 0.4) is 0 Å². The maximum absolute atomic E-state index is 13.5. The molecule has 8 heteroatoms. The molecule has 0 unspecified atom stereocenters. The number of ether oxygens (including phenoxy) is 1. The van der Waals surface area contributed by atoms with E-state index in [9.17, 15) is 14.0 Å². The van der Waals surface area contributed by atoms with E-state index in [1.54, 1.807) is 18.2 Å². The van der Waals surface area contributed by atoms with Crippen LogP contribution in [0.5, 0.6) is 5.75 Å². The van der Waals surface area contributed by atoms with Gasteiger partial charge < -0.3 is 20.3 Å². The summed E-state index contributed by atoms with van der Waals surface area (Å²) >= 11 is 0. The predicted octanol–water partition coefficient (Wildman–Crippen LogP) is 4.18. The number of urea groups is 1. The normalized spacial score (nSPS) is 18.9. The largest absolute Gasteiger partial charge is 0.495 e. The number of nitrogens with zero attached hydrogens (tertiary/aromatic N) is 2. The van der Waals surface area contributed by atoms with Gasteiger partial charge in [0.15, 0.2) is 0 Å². The zero-order valence-corrected chi connectivity index (χ0v) is 18.3. The fraction of sp³-hybridized carbons (Fsp3) is 0.417. The number of hydrogen-bond acceptors (Lipinski definition) is 4. The van der Waals surface area contributed by atoms with Gasteiger partial charge in [0.1, 0.15) is 11.6 Å². The zero-order valence-electron chi connectivity index (χ0n) is 18.3. The zero-order chi connectivity index (χ0) is 22.5. The smallest absolute Gasteiger partial charge is 0.321 e. The van der Waals surface area contributed by atoms with Crippen molar-refractivity contribution >= 4 is 23.3 Å². The Bertz CT molecular complexity index is 977. The molecular formula is C24H29FN4O3. The van der Waals surface area contributed by atoms with Crippen LogP contribution in [0.1, 0.15) is 36.0 Å². The minimum absolute atomic E-state index is 0.151. The van der Waals surface area contributed by atoms with Crippen LogP contribution in [-0.2, 0) is 0 Å². The van der Waals surface area contributed by atoms with E-state index in [1.165, 1.54) is 44.2 Å². The van der Waals surface area contributed by atoms with Crippen molar-refractivity contribution in [1.29, 1.82) is 0 Å². The molecule has 0 saturated carbocycles. The van der Waals surface area contributed by atoms with E-state index in [1.807, 2.05) is 4.90 Å². The molecule has 0 radical (unpaired) electrons. The lowest BCUT2D eigenvalue weighted by Gasteiger charge is -2.37. The molecule has 2 saturated heterocycles. The molecule has 7 nitrogen and oxygen atoms in total. The molecule has 0 aliphatic carbocycles. The molecule has 0 spiro atoms. The van der Waals surface area contributed by atoms with Crippen LogP contribution >= 0.6 is 0 Å². The summed E-state index contributed by atoms with van der Waals surface area (Å²) in [6.07, 6.45) is 4.59. The van der Waals surface area contributed by atoms with E-state index in [4.69, 9.17) is 4.74 Å². The van der Waals surface area contributed by atoms with Crippen LogP contribution in [0.25, 0.3) is 0 Å². The summed E-state index contributed by atoms with van der Waals surface area (Å²) in [5.41, 5.74) is 1.14. The highest BCUT2D eigenvalue weighted by molar-refractivity contribution is 6.05. The van der Waals surface area contributed by atoms with Crippen molar-refractivity contribution in [1.82, 2.24) is 9.80 Å². The Morgan fingerprint density at radius 3 is 2.59 bits per heavy atom. The highest BCUT2D eigenvalue weighted by atomic mass is 19.1. The lowest BCUT2D eigenvalue weighted by Crippen LogP contribution is -2.50. The highest BCUT2D eigenvalue weighted by Gasteiger charge is 2.29. The maximum atomic E-state index is 13.5. The van der Waals surface area contributed by atoms with Crippen LogP contribution in [0.2, 0.25) is 0 Å². The summed E-state index contributed by atoms with van der Waals surface area (Å²) in [5, 5.41) is 5.68. The Balaban J connectivity index is 1.43. The van der Waals surface area contributed by atoms with Gasteiger partial charge in [-0.15, -0.1) is 0 Å². The number of methoxy groups -OCH3 is 1. The second-order valence-electron chi connectivity index (χ2n) is 8.29. The topological polar surface area (TPSA) is 73.9 Å². The van der Waals surface area contributed by atoms with Crippen LogP contribution in [-0.4, -0.2) is 61.1 Å². The van der Waals surface area contributed by atoms with Gasteiger partial charge in [0.05, 0.1) is 12.8 Å². The highest BCUT2D eigenvalue weighted by Crippen LogP contribution is 2.29. The molecule has 32 heavy (non-hydrogen) atoms. The monoisotopic (exact) mass is 440 g/mol. The summed E-state index contributed by atoms with van der Waals surface area (Å²) in [7, 11) is 1.50. The van der Waals surface area contributed by atoms with Crippen molar-refractivity contribution in [3.8, 4) is 5.75 Å². The van der Waals surface area contributed by atoms with E-state index in [0.717, 1.165) is 39.0 Å². The van der Waals surface area contributed by atoms with Crippen LogP contribution in [0, 0.1) is 5.82 Å². The van der Waals surface area contributed by atoms with Gasteiger partial charge in [0.25, 0.3) is 5.91 Å². The number of piperidine rings is 1. The SMILES string of the molecule is COc1ccc(NC(=O)N2CCC[C@H](N3CCCC3)C2)cc1NC(=O)c1cccc(F)c1. The number of rotatable bonds is 5. The molecule has 3 amide bonds. The lowest BCUT2D eigenvalue weighted by atomic mass is 10.0. The number of amides is 3. The second-order valence-corrected chi connectivity index (χ2v) is 8.29. The van der Waals surface area contributed by atoms with Gasteiger partial charge in [0, 0.05) is 30.4 Å². The third kappa shape index (κ3) is 5.19. The summed E-state index contributed by atoms with van der Waals surface area (Å²) < 4.78 is 18.8. The van der Waals surface area contributed by atoms with Crippen LogP contribution in [0.4, 0.5) is 20.6 Å². The Labute approximate surface area is 187 Å².